The molecule has 2 rings (SSSR count). The van der Waals surface area contributed by atoms with Gasteiger partial charge in [-0.15, -0.1) is 0 Å². The van der Waals surface area contributed by atoms with Gasteiger partial charge in [0.25, 0.3) is 5.56 Å². The van der Waals surface area contributed by atoms with E-state index in [0.29, 0.717) is 17.9 Å². The van der Waals surface area contributed by atoms with Gasteiger partial charge in [-0.2, -0.15) is 0 Å². The molecule has 110 valence electrons. The number of aromatic nitrogens is 2. The number of nitrogens with one attached hydrogen (secondary N) is 1. The van der Waals surface area contributed by atoms with E-state index >= 15 is 0 Å². The predicted molar refractivity (Wildman–Crippen MR) is 77.2 cm³/mol. The van der Waals surface area contributed by atoms with Crippen LogP contribution in [0.5, 0.6) is 5.75 Å². The van der Waals surface area contributed by atoms with E-state index in [4.69, 9.17) is 15.6 Å². The van der Waals surface area contributed by atoms with Gasteiger partial charge in [-0.3, -0.25) is 9.59 Å². The number of aromatic amines is 1. The molecule has 7 heteroatoms. The maximum absolute atomic E-state index is 12.0. The molecule has 0 amide bonds. The second-order valence-corrected chi connectivity index (χ2v) is 4.28. The lowest BCUT2D eigenvalue weighted by molar-refractivity contribution is -0.136. The summed E-state index contributed by atoms with van der Waals surface area (Å²) in [6.45, 7) is 2.31. The molecule has 7 nitrogen and oxygen atoms in total. The fourth-order valence-electron chi connectivity index (χ4n) is 1.91. The van der Waals surface area contributed by atoms with Gasteiger partial charge in [-0.05, 0) is 19.1 Å². The quantitative estimate of drug-likeness (QED) is 0.757. The van der Waals surface area contributed by atoms with Gasteiger partial charge in [0, 0.05) is 0 Å². The first-order valence-electron chi connectivity index (χ1n) is 6.35. The molecule has 1 heterocycles. The molecule has 0 aliphatic carbocycles. The highest BCUT2D eigenvalue weighted by Crippen LogP contribution is 2.27. The summed E-state index contributed by atoms with van der Waals surface area (Å²) in [4.78, 5) is 29.3. The normalized spacial score (nSPS) is 10.3. The van der Waals surface area contributed by atoms with Crippen LogP contribution in [0.3, 0.4) is 0 Å². The molecule has 0 bridgehead atoms. The van der Waals surface area contributed by atoms with Crippen LogP contribution in [0.25, 0.3) is 11.4 Å². The van der Waals surface area contributed by atoms with Crippen LogP contribution in [0, 0.1) is 0 Å². The number of nitrogen functional groups attached to an aromatic ring is 1. The van der Waals surface area contributed by atoms with Gasteiger partial charge in [0.05, 0.1) is 24.2 Å². The van der Waals surface area contributed by atoms with Crippen LogP contribution in [0.2, 0.25) is 0 Å². The van der Waals surface area contributed by atoms with E-state index in [1.807, 2.05) is 6.92 Å². The molecule has 0 saturated carbocycles. The number of carboxylic acid groups (broad SMARTS) is 1. The number of carboxylic acids is 1. The molecule has 1 aromatic heterocycles. The molecule has 4 N–H and O–H groups in total. The molecule has 0 atom stereocenters. The third kappa shape index (κ3) is 3.19. The van der Waals surface area contributed by atoms with Gasteiger partial charge < -0.3 is 20.6 Å². The van der Waals surface area contributed by atoms with E-state index < -0.39 is 17.9 Å². The lowest BCUT2D eigenvalue weighted by Gasteiger charge is -2.10. The highest BCUT2D eigenvalue weighted by atomic mass is 16.5. The lowest BCUT2D eigenvalue weighted by atomic mass is 10.1. The van der Waals surface area contributed by atoms with Crippen LogP contribution in [0.1, 0.15) is 12.5 Å². The molecule has 0 saturated heterocycles. The largest absolute Gasteiger partial charge is 0.493 e. The van der Waals surface area contributed by atoms with E-state index in [9.17, 15) is 9.59 Å². The Labute approximate surface area is 120 Å². The first kappa shape index (κ1) is 14.6. The maximum Gasteiger partial charge on any atom is 0.308 e. The Morgan fingerprint density at radius 1 is 1.43 bits per heavy atom. The summed E-state index contributed by atoms with van der Waals surface area (Å²) in [6, 6.07) is 7.06. The highest BCUT2D eigenvalue weighted by molar-refractivity contribution is 5.73. The number of para-hydroxylation sites is 1. The van der Waals surface area contributed by atoms with Gasteiger partial charge >= 0.3 is 5.97 Å². The van der Waals surface area contributed by atoms with E-state index in [0.717, 1.165) is 0 Å². The Morgan fingerprint density at radius 2 is 2.14 bits per heavy atom. The van der Waals surface area contributed by atoms with Gasteiger partial charge in [0.1, 0.15) is 17.4 Å². The van der Waals surface area contributed by atoms with Crippen molar-refractivity contribution in [3.8, 4) is 17.1 Å². The molecule has 0 spiro atoms. The zero-order valence-corrected chi connectivity index (χ0v) is 11.4. The van der Waals surface area contributed by atoms with E-state index in [1.165, 1.54) is 0 Å². The minimum Gasteiger partial charge on any atom is -0.493 e. The highest BCUT2D eigenvalue weighted by Gasteiger charge is 2.15. The molecular formula is C14H15N3O4. The van der Waals surface area contributed by atoms with E-state index in [2.05, 4.69) is 9.97 Å². The Bertz CT molecular complexity index is 724. The zero-order chi connectivity index (χ0) is 15.4. The summed E-state index contributed by atoms with van der Waals surface area (Å²) in [6.07, 6.45) is -0.471. The SMILES string of the molecule is CCOc1ccccc1-c1nc(N)c(CC(=O)O)c(=O)[nH]1. The van der Waals surface area contributed by atoms with Crippen molar-refractivity contribution in [3.63, 3.8) is 0 Å². The smallest absolute Gasteiger partial charge is 0.308 e. The van der Waals surface area contributed by atoms with Crippen molar-refractivity contribution in [2.24, 2.45) is 0 Å². The third-order valence-corrected chi connectivity index (χ3v) is 2.82. The minimum absolute atomic E-state index is 0.0554. The van der Waals surface area contributed by atoms with Crippen LogP contribution in [0.15, 0.2) is 29.1 Å². The molecule has 0 fully saturated rings. The van der Waals surface area contributed by atoms with Gasteiger partial charge in [-0.1, -0.05) is 12.1 Å². The second kappa shape index (κ2) is 6.08. The molecule has 0 radical (unpaired) electrons. The second-order valence-electron chi connectivity index (χ2n) is 4.28. The Balaban J connectivity index is 2.52. The van der Waals surface area contributed by atoms with Crippen molar-refractivity contribution in [1.29, 1.82) is 0 Å². The fourth-order valence-corrected chi connectivity index (χ4v) is 1.91. The summed E-state index contributed by atoms with van der Waals surface area (Å²) >= 11 is 0. The van der Waals surface area contributed by atoms with Crippen LogP contribution < -0.4 is 16.0 Å². The Morgan fingerprint density at radius 3 is 2.76 bits per heavy atom. The average Bonchev–Trinajstić information content (AvgIpc) is 2.43. The van der Waals surface area contributed by atoms with Gasteiger partial charge in [0.15, 0.2) is 0 Å². The number of nitrogens with zero attached hydrogens (tertiary/aromatic N) is 1. The molecule has 2 aromatic rings. The number of anilines is 1. The molecule has 0 aliphatic heterocycles. The van der Waals surface area contributed by atoms with Crippen LogP contribution in [-0.4, -0.2) is 27.7 Å². The predicted octanol–water partition coefficient (Wildman–Crippen LogP) is 1.04. The number of H-pyrrole nitrogens is 1. The van der Waals surface area contributed by atoms with E-state index in [-0.39, 0.29) is 17.2 Å². The van der Waals surface area contributed by atoms with Crippen molar-refractivity contribution in [1.82, 2.24) is 9.97 Å². The van der Waals surface area contributed by atoms with Crippen LogP contribution >= 0.6 is 0 Å². The number of hydrogen-bond acceptors (Lipinski definition) is 5. The monoisotopic (exact) mass is 289 g/mol. The number of rotatable bonds is 5. The standard InChI is InChI=1S/C14H15N3O4/c1-2-21-10-6-4-3-5-8(10)13-16-12(15)9(7-11(18)19)14(20)17-13/h3-6H,2,7H2,1H3,(H,18,19)(H3,15,16,17,20). The molecule has 0 aliphatic rings. The van der Waals surface area contributed by atoms with Crippen molar-refractivity contribution < 1.29 is 14.6 Å². The van der Waals surface area contributed by atoms with Gasteiger partial charge in [0.2, 0.25) is 0 Å². The molecule has 21 heavy (non-hydrogen) atoms. The summed E-state index contributed by atoms with van der Waals surface area (Å²) < 4.78 is 5.47. The molecular weight excluding hydrogens is 274 g/mol. The summed E-state index contributed by atoms with van der Waals surface area (Å²) in [5.41, 5.74) is 5.67. The summed E-state index contributed by atoms with van der Waals surface area (Å²) in [5, 5.41) is 8.76. The molecule has 1 aromatic carbocycles. The topological polar surface area (TPSA) is 118 Å². The Hall–Kier alpha value is -2.83. The summed E-state index contributed by atoms with van der Waals surface area (Å²) in [5.74, 6) is -0.428. The molecule has 0 unspecified atom stereocenters. The minimum atomic E-state index is -1.14. The number of ether oxygens (including phenoxy) is 1. The zero-order valence-electron chi connectivity index (χ0n) is 11.4. The first-order valence-corrected chi connectivity index (χ1v) is 6.35. The number of aliphatic carboxylic acids is 1. The van der Waals surface area contributed by atoms with Crippen molar-refractivity contribution in [2.75, 3.05) is 12.3 Å². The van der Waals surface area contributed by atoms with Crippen LogP contribution in [0.4, 0.5) is 5.82 Å². The number of carbonyl (C=O) groups is 1. The Kier molecular flexibility index (Phi) is 4.22. The first-order chi connectivity index (χ1) is 10.0. The van der Waals surface area contributed by atoms with E-state index in [1.54, 1.807) is 24.3 Å². The number of hydrogen-bond donors (Lipinski definition) is 3. The maximum atomic E-state index is 12.0. The number of benzene rings is 1. The fraction of sp³-hybridized carbons (Fsp3) is 0.214. The van der Waals surface area contributed by atoms with Gasteiger partial charge in [-0.25, -0.2) is 4.98 Å². The van der Waals surface area contributed by atoms with Crippen molar-refractivity contribution in [2.45, 2.75) is 13.3 Å². The van der Waals surface area contributed by atoms with Crippen LogP contribution in [-0.2, 0) is 11.2 Å². The lowest BCUT2D eigenvalue weighted by Crippen LogP contribution is -2.21. The third-order valence-electron chi connectivity index (χ3n) is 2.82. The van der Waals surface area contributed by atoms with Crippen molar-refractivity contribution in [3.05, 3.63) is 40.2 Å². The number of nitrogens with two attached hydrogens (primary N) is 1. The van der Waals surface area contributed by atoms with Crippen molar-refractivity contribution >= 4 is 11.8 Å². The summed E-state index contributed by atoms with van der Waals surface area (Å²) in [7, 11) is 0. The average molecular weight is 289 g/mol.